The molecule has 1 aromatic carbocycles. The highest BCUT2D eigenvalue weighted by atomic mass is 16.4. The Kier molecular flexibility index (Phi) is 5.34. The summed E-state index contributed by atoms with van der Waals surface area (Å²) in [5, 5.41) is 7.01. The molecule has 172 valence electrons. The topological polar surface area (TPSA) is 73.6 Å². The third-order valence-electron chi connectivity index (χ3n) is 8.46. The molecule has 4 aliphatic rings. The molecule has 2 bridgehead atoms. The van der Waals surface area contributed by atoms with Crippen LogP contribution in [0.5, 0.6) is 0 Å². The van der Waals surface area contributed by atoms with Crippen molar-refractivity contribution in [3.05, 3.63) is 23.8 Å². The molecule has 6 rings (SSSR count). The molecule has 3 aliphatic heterocycles. The first-order valence-corrected chi connectivity index (χ1v) is 12.6. The lowest BCUT2D eigenvalue weighted by Crippen LogP contribution is -2.59. The van der Waals surface area contributed by atoms with Crippen LogP contribution in [0, 0.1) is 0 Å². The van der Waals surface area contributed by atoms with Crippen LogP contribution in [0.1, 0.15) is 68.1 Å². The number of oxazole rings is 1. The van der Waals surface area contributed by atoms with E-state index in [2.05, 4.69) is 27.5 Å². The van der Waals surface area contributed by atoms with Gasteiger partial charge in [0.2, 0.25) is 0 Å². The third kappa shape index (κ3) is 3.59. The highest BCUT2D eigenvalue weighted by Gasteiger charge is 2.37. The minimum Gasteiger partial charge on any atom is -0.423 e. The molecule has 1 aromatic heterocycles. The maximum atomic E-state index is 13.3. The number of hydrogen-bond acceptors (Lipinski definition) is 6. The predicted octanol–water partition coefficient (Wildman–Crippen LogP) is 3.29. The summed E-state index contributed by atoms with van der Waals surface area (Å²) in [6.45, 7) is 1.85. The van der Waals surface area contributed by atoms with E-state index in [1.807, 2.05) is 18.2 Å². The number of carbonyl (C=O) groups excluding carboxylic acids is 1. The summed E-state index contributed by atoms with van der Waals surface area (Å²) in [5.74, 6) is -0.0149. The number of hydrogen-bond donors (Lipinski definition) is 2. The van der Waals surface area contributed by atoms with E-state index in [4.69, 9.17) is 9.40 Å². The molecule has 4 heterocycles. The molecule has 0 radical (unpaired) electrons. The molecule has 7 heteroatoms. The highest BCUT2D eigenvalue weighted by molar-refractivity contribution is 6.04. The van der Waals surface area contributed by atoms with Gasteiger partial charge in [-0.1, -0.05) is 25.3 Å². The van der Waals surface area contributed by atoms with Crippen molar-refractivity contribution in [3.63, 3.8) is 0 Å². The minimum absolute atomic E-state index is 0.0149. The lowest BCUT2D eigenvalue weighted by atomic mass is 9.82. The predicted molar refractivity (Wildman–Crippen MR) is 125 cm³/mol. The number of aromatic nitrogens is 1. The summed E-state index contributed by atoms with van der Waals surface area (Å²) in [5.41, 5.74) is 2.04. The Morgan fingerprint density at radius 3 is 2.78 bits per heavy atom. The second-order valence-corrected chi connectivity index (χ2v) is 10.3. The summed E-state index contributed by atoms with van der Waals surface area (Å²) in [7, 11) is 2.25. The van der Waals surface area contributed by atoms with E-state index in [1.54, 1.807) is 0 Å². The van der Waals surface area contributed by atoms with Crippen LogP contribution in [0.15, 0.2) is 22.6 Å². The van der Waals surface area contributed by atoms with E-state index in [-0.39, 0.29) is 11.9 Å². The molecule has 4 fully saturated rings. The lowest BCUT2D eigenvalue weighted by Gasteiger charge is -2.47. The standard InChI is InChI=1S/C25H35N5O2/c1-29-17-6-4-7-18(29)15-16(14-17)27-24(31)19-8-5-11-22-23(19)28-25(32-22)30-13-12-26-20-9-2-3-10-21(20)30/h5,8,11,16-18,20-21,26H,2-4,6-7,9-10,12-15H2,1H3,(H,27,31)/t16?,17?,18?,20-,21-/m0/s1. The zero-order chi connectivity index (χ0) is 21.7. The molecule has 1 saturated carbocycles. The quantitative estimate of drug-likeness (QED) is 0.768. The van der Waals surface area contributed by atoms with Gasteiger partial charge in [0.25, 0.3) is 11.9 Å². The number of benzene rings is 1. The fourth-order valence-electron chi connectivity index (χ4n) is 6.74. The molecule has 2 aromatic rings. The van der Waals surface area contributed by atoms with Crippen LogP contribution in [0.4, 0.5) is 6.01 Å². The van der Waals surface area contributed by atoms with Gasteiger partial charge in [0, 0.05) is 43.3 Å². The Bertz CT molecular complexity index is 974. The fourth-order valence-corrected chi connectivity index (χ4v) is 6.74. The molecule has 4 atom stereocenters. The van der Waals surface area contributed by atoms with Crippen LogP contribution in [0.2, 0.25) is 0 Å². The number of fused-ring (bicyclic) bond motifs is 4. The molecule has 1 amide bonds. The van der Waals surface area contributed by atoms with Crippen LogP contribution < -0.4 is 15.5 Å². The van der Waals surface area contributed by atoms with Crippen molar-refractivity contribution < 1.29 is 9.21 Å². The maximum absolute atomic E-state index is 13.3. The number of carbonyl (C=O) groups is 1. The van der Waals surface area contributed by atoms with Gasteiger partial charge in [-0.25, -0.2) is 0 Å². The minimum atomic E-state index is -0.0149. The van der Waals surface area contributed by atoms with Crippen LogP contribution >= 0.6 is 0 Å². The SMILES string of the molecule is CN1C2CCCC1CC(NC(=O)c1cccc3oc(N4CCN[C@H]5CCCC[C@@H]54)nc13)C2. The average Bonchev–Trinajstić information content (AvgIpc) is 3.23. The smallest absolute Gasteiger partial charge is 0.298 e. The second kappa shape index (κ2) is 8.34. The van der Waals surface area contributed by atoms with E-state index >= 15 is 0 Å². The highest BCUT2D eigenvalue weighted by Crippen LogP contribution is 2.34. The monoisotopic (exact) mass is 437 g/mol. The Morgan fingerprint density at radius 2 is 1.94 bits per heavy atom. The largest absolute Gasteiger partial charge is 0.423 e. The van der Waals surface area contributed by atoms with Gasteiger partial charge in [0.15, 0.2) is 5.58 Å². The van der Waals surface area contributed by atoms with Gasteiger partial charge in [0.1, 0.15) is 5.52 Å². The van der Waals surface area contributed by atoms with Gasteiger partial charge < -0.3 is 24.9 Å². The van der Waals surface area contributed by atoms with Crippen molar-refractivity contribution in [1.82, 2.24) is 20.5 Å². The first kappa shape index (κ1) is 20.5. The van der Waals surface area contributed by atoms with Crippen LogP contribution in [0.25, 0.3) is 11.1 Å². The van der Waals surface area contributed by atoms with Crippen molar-refractivity contribution in [2.45, 2.75) is 88.0 Å². The normalized spacial score (nSPS) is 33.2. The molecular weight excluding hydrogens is 402 g/mol. The van der Waals surface area contributed by atoms with Crippen molar-refractivity contribution in [1.29, 1.82) is 0 Å². The Balaban J connectivity index is 1.23. The number of piperidine rings is 2. The van der Waals surface area contributed by atoms with E-state index < -0.39 is 0 Å². The summed E-state index contributed by atoms with van der Waals surface area (Å²) in [6.07, 6.45) is 10.8. The van der Waals surface area contributed by atoms with Gasteiger partial charge in [-0.2, -0.15) is 4.98 Å². The summed E-state index contributed by atoms with van der Waals surface area (Å²) < 4.78 is 6.21. The molecule has 2 unspecified atom stereocenters. The summed E-state index contributed by atoms with van der Waals surface area (Å²) in [6, 6.07) is 8.79. The van der Waals surface area contributed by atoms with Gasteiger partial charge >= 0.3 is 0 Å². The van der Waals surface area contributed by atoms with E-state index in [1.165, 1.54) is 44.9 Å². The number of nitrogens with zero attached hydrogens (tertiary/aromatic N) is 3. The number of nitrogens with one attached hydrogen (secondary N) is 2. The molecule has 2 N–H and O–H groups in total. The van der Waals surface area contributed by atoms with Crippen molar-refractivity contribution in [2.75, 3.05) is 25.0 Å². The zero-order valence-corrected chi connectivity index (χ0v) is 19.1. The van der Waals surface area contributed by atoms with E-state index in [0.29, 0.717) is 46.8 Å². The molecular formula is C25H35N5O2. The van der Waals surface area contributed by atoms with Crippen LogP contribution in [0.3, 0.4) is 0 Å². The third-order valence-corrected chi connectivity index (χ3v) is 8.46. The Labute approximate surface area is 189 Å². The zero-order valence-electron chi connectivity index (χ0n) is 19.1. The maximum Gasteiger partial charge on any atom is 0.298 e. The first-order valence-electron chi connectivity index (χ1n) is 12.6. The van der Waals surface area contributed by atoms with Crippen molar-refractivity contribution in [3.8, 4) is 0 Å². The molecule has 7 nitrogen and oxygen atoms in total. The Hall–Kier alpha value is -2.12. The second-order valence-electron chi connectivity index (χ2n) is 10.3. The first-order chi connectivity index (χ1) is 15.7. The van der Waals surface area contributed by atoms with Gasteiger partial charge in [-0.15, -0.1) is 0 Å². The molecule has 0 spiro atoms. The number of piperazine rings is 1. The fraction of sp³-hybridized carbons (Fsp3) is 0.680. The average molecular weight is 438 g/mol. The van der Waals surface area contributed by atoms with E-state index in [0.717, 1.165) is 25.9 Å². The van der Waals surface area contributed by atoms with Gasteiger partial charge in [0.05, 0.1) is 5.56 Å². The van der Waals surface area contributed by atoms with Crippen LogP contribution in [-0.4, -0.2) is 66.1 Å². The van der Waals surface area contributed by atoms with Crippen LogP contribution in [-0.2, 0) is 0 Å². The van der Waals surface area contributed by atoms with Crippen molar-refractivity contribution >= 4 is 23.0 Å². The molecule has 32 heavy (non-hydrogen) atoms. The van der Waals surface area contributed by atoms with Crippen molar-refractivity contribution in [2.24, 2.45) is 0 Å². The number of amides is 1. The summed E-state index contributed by atoms with van der Waals surface area (Å²) >= 11 is 0. The number of para-hydroxylation sites is 1. The molecule has 3 saturated heterocycles. The lowest BCUT2D eigenvalue weighted by molar-refractivity contribution is 0.0463. The molecule has 1 aliphatic carbocycles. The van der Waals surface area contributed by atoms with Gasteiger partial charge in [-0.05, 0) is 57.7 Å². The Morgan fingerprint density at radius 1 is 1.12 bits per heavy atom. The number of rotatable bonds is 3. The number of anilines is 1. The summed E-state index contributed by atoms with van der Waals surface area (Å²) in [4.78, 5) is 23.0. The van der Waals surface area contributed by atoms with E-state index in [9.17, 15) is 4.79 Å². The van der Waals surface area contributed by atoms with Gasteiger partial charge in [-0.3, -0.25) is 4.79 Å².